The Morgan fingerprint density at radius 1 is 1.67 bits per heavy atom. The predicted molar refractivity (Wildman–Crippen MR) is 56.4 cm³/mol. The van der Waals surface area contributed by atoms with Gasteiger partial charge in [0.2, 0.25) is 0 Å². The molecule has 0 amide bonds. The zero-order valence-corrected chi connectivity index (χ0v) is 8.57. The fourth-order valence-corrected chi connectivity index (χ4v) is 1.03. The molecule has 0 spiro atoms. The zero-order valence-electron chi connectivity index (χ0n) is 8.57. The zero-order chi connectivity index (χ0) is 11.3. The van der Waals surface area contributed by atoms with Crippen molar-refractivity contribution in [2.45, 2.75) is 6.92 Å². The van der Waals surface area contributed by atoms with E-state index in [4.69, 9.17) is 0 Å². The van der Waals surface area contributed by atoms with Gasteiger partial charge in [0.15, 0.2) is 0 Å². The molecule has 0 aliphatic carbocycles. The highest BCUT2D eigenvalue weighted by Gasteiger charge is 2.10. The monoisotopic (exact) mass is 205 g/mol. The molecule has 5 nitrogen and oxygen atoms in total. The van der Waals surface area contributed by atoms with Gasteiger partial charge in [-0.25, -0.2) is 4.98 Å². The lowest BCUT2D eigenvalue weighted by Crippen LogP contribution is -2.04. The molecule has 0 bridgehead atoms. The number of pyridine rings is 1. The molecule has 0 radical (unpaired) electrons. The van der Waals surface area contributed by atoms with Crippen LogP contribution in [-0.2, 0) is 0 Å². The second-order valence-electron chi connectivity index (χ2n) is 2.95. The molecule has 1 N–H and O–H groups in total. The summed E-state index contributed by atoms with van der Waals surface area (Å²) in [5.74, 6) is 5.64. The second-order valence-corrected chi connectivity index (χ2v) is 2.95. The minimum Gasteiger partial charge on any atom is -0.309 e. The third kappa shape index (κ3) is 3.04. The number of hydrogen-bond acceptors (Lipinski definition) is 4. The van der Waals surface area contributed by atoms with Crippen LogP contribution < -0.4 is 5.32 Å². The Labute approximate surface area is 87.7 Å². The van der Waals surface area contributed by atoms with Crippen LogP contribution in [0.15, 0.2) is 12.3 Å². The van der Waals surface area contributed by atoms with Gasteiger partial charge in [0.1, 0.15) is 11.9 Å². The van der Waals surface area contributed by atoms with Crippen LogP contribution in [0.3, 0.4) is 0 Å². The van der Waals surface area contributed by atoms with Crippen LogP contribution in [0.1, 0.15) is 11.3 Å². The van der Waals surface area contributed by atoms with Crippen LogP contribution in [0.25, 0.3) is 0 Å². The van der Waals surface area contributed by atoms with Gasteiger partial charge < -0.3 is 5.32 Å². The Kier molecular flexibility index (Phi) is 3.77. The van der Waals surface area contributed by atoms with Gasteiger partial charge >= 0.3 is 0 Å². The van der Waals surface area contributed by atoms with Gasteiger partial charge in [0.05, 0.1) is 11.5 Å². The Morgan fingerprint density at radius 2 is 2.40 bits per heavy atom. The van der Waals surface area contributed by atoms with E-state index in [-0.39, 0.29) is 5.69 Å². The number of aromatic nitrogens is 1. The summed E-state index contributed by atoms with van der Waals surface area (Å²) in [7, 11) is 1.79. The van der Waals surface area contributed by atoms with Crippen molar-refractivity contribution in [3.05, 3.63) is 33.6 Å². The van der Waals surface area contributed by atoms with Crippen molar-refractivity contribution in [3.63, 3.8) is 0 Å². The summed E-state index contributed by atoms with van der Waals surface area (Å²) in [6.07, 6.45) is 1.23. The molecule has 1 heterocycles. The van der Waals surface area contributed by atoms with E-state index in [9.17, 15) is 10.1 Å². The summed E-state index contributed by atoms with van der Waals surface area (Å²) >= 11 is 0. The molecule has 1 aromatic rings. The molecule has 0 unspecified atom stereocenters. The first-order valence-electron chi connectivity index (χ1n) is 4.39. The summed E-state index contributed by atoms with van der Waals surface area (Å²) in [6.45, 7) is 2.24. The number of nitrogens with zero attached hydrogens (tertiary/aromatic N) is 2. The van der Waals surface area contributed by atoms with E-state index in [0.717, 1.165) is 0 Å². The molecule has 1 aromatic heterocycles. The molecule has 0 aliphatic heterocycles. The Morgan fingerprint density at radius 3 is 2.93 bits per heavy atom. The minimum atomic E-state index is -0.451. The molecule has 1 rings (SSSR count). The average Bonchev–Trinajstić information content (AvgIpc) is 2.17. The molecule has 5 heteroatoms. The van der Waals surface area contributed by atoms with Gasteiger partial charge in [-0.1, -0.05) is 5.92 Å². The second kappa shape index (κ2) is 5.08. The van der Waals surface area contributed by atoms with E-state index in [1.165, 1.54) is 6.20 Å². The first-order valence-corrected chi connectivity index (χ1v) is 4.39. The van der Waals surface area contributed by atoms with Gasteiger partial charge in [0.25, 0.3) is 5.69 Å². The average molecular weight is 205 g/mol. The van der Waals surface area contributed by atoms with E-state index >= 15 is 0 Å². The lowest BCUT2D eigenvalue weighted by molar-refractivity contribution is -0.385. The fraction of sp³-hybridized carbons (Fsp3) is 0.300. The SMILES string of the molecule is CNCC#Cc1cc(C)c([N+](=O)[O-])cn1. The fourth-order valence-electron chi connectivity index (χ4n) is 1.03. The summed E-state index contributed by atoms with van der Waals surface area (Å²) in [4.78, 5) is 14.0. The van der Waals surface area contributed by atoms with Crippen molar-refractivity contribution in [1.29, 1.82) is 0 Å². The Balaban J connectivity index is 2.93. The first kappa shape index (κ1) is 11.1. The number of hydrogen-bond donors (Lipinski definition) is 1. The minimum absolute atomic E-state index is 0.0224. The maximum Gasteiger partial charge on any atom is 0.290 e. The van der Waals surface area contributed by atoms with Crippen molar-refractivity contribution in [3.8, 4) is 11.8 Å². The molecular weight excluding hydrogens is 194 g/mol. The molecule has 0 saturated carbocycles. The lowest BCUT2D eigenvalue weighted by Gasteiger charge is -1.96. The molecule has 15 heavy (non-hydrogen) atoms. The number of nitro groups is 1. The van der Waals surface area contributed by atoms with Crippen LogP contribution >= 0.6 is 0 Å². The largest absolute Gasteiger partial charge is 0.309 e. The number of rotatable bonds is 2. The summed E-state index contributed by atoms with van der Waals surface area (Å²) in [6, 6.07) is 1.61. The third-order valence-electron chi connectivity index (χ3n) is 1.76. The van der Waals surface area contributed by atoms with Crippen LogP contribution in [-0.4, -0.2) is 23.5 Å². The third-order valence-corrected chi connectivity index (χ3v) is 1.76. The van der Waals surface area contributed by atoms with Crippen LogP contribution in [0, 0.1) is 28.9 Å². The van der Waals surface area contributed by atoms with Gasteiger partial charge in [-0.15, -0.1) is 0 Å². The maximum absolute atomic E-state index is 10.5. The molecule has 0 fully saturated rings. The van der Waals surface area contributed by atoms with Crippen molar-refractivity contribution in [1.82, 2.24) is 10.3 Å². The lowest BCUT2D eigenvalue weighted by atomic mass is 10.2. The predicted octanol–water partition coefficient (Wildman–Crippen LogP) is 0.869. The highest BCUT2D eigenvalue weighted by molar-refractivity contribution is 5.41. The molecule has 0 aromatic carbocycles. The summed E-state index contributed by atoms with van der Waals surface area (Å²) < 4.78 is 0. The smallest absolute Gasteiger partial charge is 0.290 e. The van der Waals surface area contributed by atoms with E-state index in [1.54, 1.807) is 20.0 Å². The number of aryl methyl sites for hydroxylation is 1. The highest BCUT2D eigenvalue weighted by Crippen LogP contribution is 2.15. The molecular formula is C10H11N3O2. The van der Waals surface area contributed by atoms with E-state index in [0.29, 0.717) is 17.8 Å². The van der Waals surface area contributed by atoms with Gasteiger partial charge in [-0.05, 0) is 26.0 Å². The van der Waals surface area contributed by atoms with Gasteiger partial charge in [-0.3, -0.25) is 10.1 Å². The van der Waals surface area contributed by atoms with Crippen molar-refractivity contribution in [2.75, 3.05) is 13.6 Å². The van der Waals surface area contributed by atoms with Crippen LogP contribution in [0.5, 0.6) is 0 Å². The summed E-state index contributed by atoms with van der Waals surface area (Å²) in [5.41, 5.74) is 1.14. The van der Waals surface area contributed by atoms with Crippen LogP contribution in [0.4, 0.5) is 5.69 Å². The van der Waals surface area contributed by atoms with E-state index < -0.39 is 4.92 Å². The number of nitrogens with one attached hydrogen (secondary N) is 1. The Bertz CT molecular complexity index is 432. The molecule has 0 aliphatic rings. The molecule has 78 valence electrons. The summed E-state index contributed by atoms with van der Waals surface area (Å²) in [5, 5.41) is 13.4. The van der Waals surface area contributed by atoms with Crippen molar-refractivity contribution >= 4 is 5.69 Å². The van der Waals surface area contributed by atoms with E-state index in [1.807, 2.05) is 0 Å². The topological polar surface area (TPSA) is 68.1 Å². The van der Waals surface area contributed by atoms with E-state index in [2.05, 4.69) is 22.1 Å². The normalized spacial score (nSPS) is 9.20. The van der Waals surface area contributed by atoms with Gasteiger partial charge in [0, 0.05) is 5.56 Å². The maximum atomic E-state index is 10.5. The molecule has 0 saturated heterocycles. The van der Waals surface area contributed by atoms with Gasteiger partial charge in [-0.2, -0.15) is 0 Å². The molecule has 0 atom stereocenters. The van der Waals surface area contributed by atoms with Crippen molar-refractivity contribution < 1.29 is 4.92 Å². The Hall–Kier alpha value is -1.93. The van der Waals surface area contributed by atoms with Crippen LogP contribution in [0.2, 0.25) is 0 Å². The standard InChI is InChI=1S/C10H11N3O2/c1-8-6-9(4-3-5-11-2)12-7-10(8)13(14)15/h6-7,11H,5H2,1-2H3. The highest BCUT2D eigenvalue weighted by atomic mass is 16.6. The first-order chi connectivity index (χ1) is 7.15. The quantitative estimate of drug-likeness (QED) is 0.442. The van der Waals surface area contributed by atoms with Crippen molar-refractivity contribution in [2.24, 2.45) is 0 Å².